The summed E-state index contributed by atoms with van der Waals surface area (Å²) < 4.78 is 39.6. The number of hydrogen-bond acceptors (Lipinski definition) is 9. The van der Waals surface area contributed by atoms with Crippen LogP contribution in [0.2, 0.25) is 0 Å². The fraction of sp³-hybridized carbons (Fsp3) is 0.634. The van der Waals surface area contributed by atoms with Gasteiger partial charge in [-0.25, -0.2) is 13.2 Å². The Labute approximate surface area is 329 Å². The second kappa shape index (κ2) is 16.0. The van der Waals surface area contributed by atoms with Crippen molar-refractivity contribution in [1.29, 1.82) is 0 Å². The number of carbonyl (C=O) groups excluding carboxylic acids is 5. The van der Waals surface area contributed by atoms with Crippen LogP contribution in [0.15, 0.2) is 36.9 Å². The number of rotatable bonds is 7. The third kappa shape index (κ3) is 8.68. The van der Waals surface area contributed by atoms with Crippen LogP contribution >= 0.6 is 0 Å². The molecule has 1 saturated heterocycles. The predicted molar refractivity (Wildman–Crippen MR) is 207 cm³/mol. The number of alkyl carbamates (subject to hydrolysis) is 1. The summed E-state index contributed by atoms with van der Waals surface area (Å²) in [5, 5.41) is 5.04. The maximum Gasteiger partial charge on any atom is 0.407 e. The Balaban J connectivity index is 1.16. The van der Waals surface area contributed by atoms with Crippen LogP contribution in [0.1, 0.15) is 101 Å². The first-order valence-corrected chi connectivity index (χ1v) is 21.7. The molecule has 3 N–H and O–H groups in total. The molecule has 6 aliphatic rings. The van der Waals surface area contributed by atoms with Gasteiger partial charge in [0.05, 0.1) is 18.0 Å². The van der Waals surface area contributed by atoms with Crippen LogP contribution < -0.4 is 15.4 Å². The molecule has 7 rings (SSSR count). The standard InChI is InChI=1S/C41H55N5O9S/c1-4-29-20-41(29,38(50)44-56(52,53)31-16-17-31)43-36(48)33-19-30-22-46(33)37(49)35(27-12-6-5-7-13-27)42-39(51)55-25-40(2,3)18-9-8-11-26-14-10-15-28-21-45(23-32(26)28)34(47)24-54-30/h4,8,10-11,14-15,27,29-31,33,35H,1,5-7,9,12-13,16-25H2,2-3H3,(H,42,51)(H,43,48)(H,44,50)/b11-8+/t29-,30-,33+,35+,41-/m1/s1. The highest BCUT2D eigenvalue weighted by Crippen LogP contribution is 2.45. The van der Waals surface area contributed by atoms with Crippen LogP contribution in [0.4, 0.5) is 4.79 Å². The smallest absolute Gasteiger partial charge is 0.407 e. The molecule has 56 heavy (non-hydrogen) atoms. The van der Waals surface area contributed by atoms with E-state index >= 15 is 0 Å². The molecule has 14 nitrogen and oxygen atoms in total. The van der Waals surface area contributed by atoms with Crippen molar-refractivity contribution in [3.05, 3.63) is 53.6 Å². The molecule has 15 heteroatoms. The van der Waals surface area contributed by atoms with Gasteiger partial charge in [0.1, 0.15) is 24.2 Å². The van der Waals surface area contributed by atoms with Crippen molar-refractivity contribution in [2.75, 3.05) is 19.8 Å². The van der Waals surface area contributed by atoms with Gasteiger partial charge in [0.15, 0.2) is 0 Å². The van der Waals surface area contributed by atoms with Gasteiger partial charge in [-0.1, -0.05) is 69.5 Å². The van der Waals surface area contributed by atoms with E-state index in [-0.39, 0.29) is 49.8 Å². The lowest BCUT2D eigenvalue weighted by Crippen LogP contribution is -2.59. The molecule has 5 atom stereocenters. The Morgan fingerprint density at radius 2 is 1.82 bits per heavy atom. The Kier molecular flexibility index (Phi) is 11.4. The molecule has 3 aliphatic carbocycles. The van der Waals surface area contributed by atoms with E-state index in [0.29, 0.717) is 38.8 Å². The summed E-state index contributed by atoms with van der Waals surface area (Å²) in [6.45, 7) is 8.53. The second-order valence-corrected chi connectivity index (χ2v) is 19.3. The average Bonchev–Trinajstić information content (AvgIpc) is 4.07. The van der Waals surface area contributed by atoms with Crippen LogP contribution in [-0.4, -0.2) is 96.7 Å². The zero-order valence-corrected chi connectivity index (χ0v) is 33.2. The quantitative estimate of drug-likeness (QED) is 0.347. The number of hydrogen-bond donors (Lipinski definition) is 3. The molecule has 5 amide bonds. The molecule has 0 spiro atoms. The molecule has 0 aromatic heterocycles. The molecule has 304 valence electrons. The van der Waals surface area contributed by atoms with E-state index in [0.717, 1.165) is 48.8 Å². The van der Waals surface area contributed by atoms with Crippen LogP contribution in [0.5, 0.6) is 0 Å². The highest BCUT2D eigenvalue weighted by Gasteiger charge is 2.62. The lowest BCUT2D eigenvalue weighted by atomic mass is 9.83. The fourth-order valence-corrected chi connectivity index (χ4v) is 10.1. The number of nitrogens with zero attached hydrogens (tertiary/aromatic N) is 2. The number of fused-ring (bicyclic) bond motifs is 3. The molecule has 0 unspecified atom stereocenters. The molecule has 1 aromatic rings. The van der Waals surface area contributed by atoms with Gasteiger partial charge >= 0.3 is 6.09 Å². The Morgan fingerprint density at radius 1 is 1.05 bits per heavy atom. The summed E-state index contributed by atoms with van der Waals surface area (Å²) in [4.78, 5) is 72.8. The first-order valence-electron chi connectivity index (χ1n) is 20.1. The Hall–Kier alpha value is -4.24. The van der Waals surface area contributed by atoms with Crippen molar-refractivity contribution >= 4 is 45.8 Å². The van der Waals surface area contributed by atoms with Gasteiger partial charge in [0.25, 0.3) is 5.91 Å². The lowest BCUT2D eigenvalue weighted by molar-refractivity contribution is -0.142. The molecule has 3 heterocycles. The summed E-state index contributed by atoms with van der Waals surface area (Å²) >= 11 is 0. The van der Waals surface area contributed by atoms with Crippen molar-refractivity contribution in [2.45, 2.75) is 127 Å². The molecular weight excluding hydrogens is 739 g/mol. The normalized spacial score (nSPS) is 30.7. The molecule has 0 radical (unpaired) electrons. The van der Waals surface area contributed by atoms with Crippen molar-refractivity contribution < 1.29 is 41.9 Å². The summed E-state index contributed by atoms with van der Waals surface area (Å²) in [5.74, 6) is -2.92. The monoisotopic (exact) mass is 793 g/mol. The molecule has 1 aromatic carbocycles. The maximum atomic E-state index is 14.7. The third-order valence-electron chi connectivity index (χ3n) is 12.5. The van der Waals surface area contributed by atoms with Crippen molar-refractivity contribution in [3.63, 3.8) is 0 Å². The maximum absolute atomic E-state index is 14.7. The molecule has 3 aliphatic heterocycles. The van der Waals surface area contributed by atoms with Crippen LogP contribution in [0.25, 0.3) is 6.08 Å². The lowest BCUT2D eigenvalue weighted by Gasteiger charge is -2.35. The largest absolute Gasteiger partial charge is 0.449 e. The highest BCUT2D eigenvalue weighted by atomic mass is 32.2. The van der Waals surface area contributed by atoms with E-state index in [1.807, 2.05) is 32.0 Å². The van der Waals surface area contributed by atoms with Crippen LogP contribution in [0, 0.1) is 17.3 Å². The topological polar surface area (TPSA) is 181 Å². The van der Waals surface area contributed by atoms with E-state index < -0.39 is 68.7 Å². The molecule has 4 bridgehead atoms. The molecule has 4 fully saturated rings. The van der Waals surface area contributed by atoms with Gasteiger partial charge < -0.3 is 29.9 Å². The minimum absolute atomic E-state index is 0.0207. The van der Waals surface area contributed by atoms with Gasteiger partial charge in [-0.2, -0.15) is 0 Å². The first-order chi connectivity index (χ1) is 26.7. The van der Waals surface area contributed by atoms with Crippen molar-refractivity contribution in [2.24, 2.45) is 17.3 Å². The number of ether oxygens (including phenoxy) is 2. The minimum Gasteiger partial charge on any atom is -0.449 e. The summed E-state index contributed by atoms with van der Waals surface area (Å²) in [5.41, 5.74) is 1.26. The number of benzene rings is 1. The summed E-state index contributed by atoms with van der Waals surface area (Å²) in [7, 11) is -3.90. The van der Waals surface area contributed by atoms with Gasteiger partial charge in [0.2, 0.25) is 27.7 Å². The van der Waals surface area contributed by atoms with E-state index in [4.69, 9.17) is 9.47 Å². The molecule has 3 saturated carbocycles. The number of cyclic esters (lactones) is 1. The number of sulfonamides is 1. The average molecular weight is 794 g/mol. The van der Waals surface area contributed by atoms with E-state index in [9.17, 15) is 32.4 Å². The zero-order valence-electron chi connectivity index (χ0n) is 32.4. The predicted octanol–water partition coefficient (Wildman–Crippen LogP) is 3.69. The number of carbonyl (C=O) groups is 5. The number of allylic oxidation sites excluding steroid dienone is 1. The van der Waals surface area contributed by atoms with E-state index in [1.165, 1.54) is 11.0 Å². The fourth-order valence-electron chi connectivity index (χ4n) is 8.70. The first kappa shape index (κ1) is 40.0. The number of nitrogens with one attached hydrogen (secondary N) is 3. The minimum atomic E-state index is -3.90. The van der Waals surface area contributed by atoms with Gasteiger partial charge in [-0.3, -0.25) is 23.9 Å². The third-order valence-corrected chi connectivity index (χ3v) is 14.3. The van der Waals surface area contributed by atoms with Gasteiger partial charge in [-0.05, 0) is 73.0 Å². The van der Waals surface area contributed by atoms with Gasteiger partial charge in [-0.15, -0.1) is 6.58 Å². The molecular formula is C41H55N5O9S. The van der Waals surface area contributed by atoms with Crippen molar-refractivity contribution in [3.8, 4) is 0 Å². The SMILES string of the molecule is C=C[C@@H]1C[C@]1(NC(=O)[C@@H]1C[C@@H]2CN1C(=O)[C@H](C1CCCCC1)NC(=O)OCC(C)(C)CC/C=C/c1cccc3c1CN(C3)C(=O)CO2)C(=O)NS(=O)(=O)C1CC1. The highest BCUT2D eigenvalue weighted by molar-refractivity contribution is 7.91. The van der Waals surface area contributed by atoms with Crippen LogP contribution in [0.3, 0.4) is 0 Å². The van der Waals surface area contributed by atoms with Crippen LogP contribution in [-0.2, 0) is 51.8 Å². The Bertz CT molecular complexity index is 1890. The van der Waals surface area contributed by atoms with E-state index in [2.05, 4.69) is 34.1 Å². The van der Waals surface area contributed by atoms with Crippen molar-refractivity contribution in [1.82, 2.24) is 25.2 Å². The Morgan fingerprint density at radius 3 is 2.54 bits per heavy atom. The number of amides is 5. The van der Waals surface area contributed by atoms with E-state index in [1.54, 1.807) is 4.90 Å². The summed E-state index contributed by atoms with van der Waals surface area (Å²) in [6.07, 6.45) is 11.0. The van der Waals surface area contributed by atoms with Gasteiger partial charge in [0, 0.05) is 32.0 Å². The summed E-state index contributed by atoms with van der Waals surface area (Å²) in [6, 6.07) is 3.90. The zero-order chi connectivity index (χ0) is 39.8. The second-order valence-electron chi connectivity index (χ2n) is 17.3.